The first-order valence-corrected chi connectivity index (χ1v) is 14.7. The van der Waals surface area contributed by atoms with E-state index < -0.39 is 24.2 Å². The molecule has 4 amide bonds. The van der Waals surface area contributed by atoms with Crippen LogP contribution in [0.15, 0.2) is 72.8 Å². The van der Waals surface area contributed by atoms with Crippen LogP contribution in [0, 0.1) is 0 Å². The van der Waals surface area contributed by atoms with Crippen molar-refractivity contribution in [1.82, 2.24) is 5.32 Å². The lowest BCUT2D eigenvalue weighted by molar-refractivity contribution is -0.179. The summed E-state index contributed by atoms with van der Waals surface area (Å²) in [5, 5.41) is 14.7. The Hall–Kier alpha value is -4.65. The second kappa shape index (κ2) is 16.4. The van der Waals surface area contributed by atoms with Crippen LogP contribution in [-0.2, 0) is 30.3 Å². The number of anilines is 3. The summed E-state index contributed by atoms with van der Waals surface area (Å²) in [5.41, 5.74) is 1.91. The molecule has 0 bridgehead atoms. The molecule has 3 aromatic carbocycles. The fourth-order valence-corrected chi connectivity index (χ4v) is 4.73. The number of likely N-dealkylation sites (N-methyl/N-ethyl adjacent to an activating group) is 1. The van der Waals surface area contributed by atoms with Gasteiger partial charge in [-0.3, -0.25) is 14.4 Å². The lowest BCUT2D eigenvalue weighted by Gasteiger charge is -2.29. The van der Waals surface area contributed by atoms with Gasteiger partial charge in [0.05, 0.1) is 31.9 Å². The minimum atomic E-state index is -0.993. The maximum atomic E-state index is 13.6. The Bertz CT molecular complexity index is 1500. The molecule has 3 N–H and O–H groups in total. The highest BCUT2D eigenvalue weighted by atomic mass is 35.5. The molecule has 1 heterocycles. The van der Waals surface area contributed by atoms with Crippen LogP contribution in [0.3, 0.4) is 0 Å². The van der Waals surface area contributed by atoms with Crippen molar-refractivity contribution in [3.05, 3.63) is 83.4 Å². The van der Waals surface area contributed by atoms with Crippen LogP contribution < -0.4 is 25.2 Å². The highest BCUT2D eigenvalue weighted by Crippen LogP contribution is 2.29. The second-order valence-electron chi connectivity index (χ2n) is 10.1. The molecule has 0 atom stereocenters. The number of rotatable bonds is 13. The van der Waals surface area contributed by atoms with Gasteiger partial charge in [-0.25, -0.2) is 4.79 Å². The number of nitrogens with zero attached hydrogens (tertiary/aromatic N) is 2. The molecule has 12 nitrogen and oxygen atoms in total. The summed E-state index contributed by atoms with van der Waals surface area (Å²) in [6.07, 6.45) is 0.456. The maximum Gasteiger partial charge on any atom is 0.319 e. The molecule has 1 saturated heterocycles. The molecule has 1 aliphatic rings. The fourth-order valence-electron chi connectivity index (χ4n) is 4.54. The zero-order valence-electron chi connectivity index (χ0n) is 24.7. The van der Waals surface area contributed by atoms with E-state index >= 15 is 0 Å². The Morgan fingerprint density at radius 1 is 0.978 bits per heavy atom. The second-order valence-corrected chi connectivity index (χ2v) is 10.6. The number of halogens is 1. The van der Waals surface area contributed by atoms with Gasteiger partial charge in [0.15, 0.2) is 12.9 Å². The summed E-state index contributed by atoms with van der Waals surface area (Å²) in [6, 6.07) is 19.5. The van der Waals surface area contributed by atoms with Crippen LogP contribution in [-0.4, -0.2) is 75.2 Å². The predicted molar refractivity (Wildman–Crippen MR) is 169 cm³/mol. The Kier molecular flexibility index (Phi) is 12.1. The number of carbonyl (C=O) groups excluding carboxylic acids is 3. The van der Waals surface area contributed by atoms with Gasteiger partial charge in [-0.15, -0.1) is 0 Å². The van der Waals surface area contributed by atoms with E-state index in [1.807, 2.05) is 0 Å². The van der Waals surface area contributed by atoms with Gasteiger partial charge in [0.25, 0.3) is 5.91 Å². The zero-order chi connectivity index (χ0) is 32.2. The average molecular weight is 639 g/mol. The quantitative estimate of drug-likeness (QED) is 0.251. The third kappa shape index (κ3) is 10.2. The highest BCUT2D eigenvalue weighted by Gasteiger charge is 2.24. The van der Waals surface area contributed by atoms with Crippen LogP contribution >= 0.6 is 11.6 Å². The van der Waals surface area contributed by atoms with E-state index in [2.05, 4.69) is 10.6 Å². The molecule has 3 aromatic rings. The van der Waals surface area contributed by atoms with Gasteiger partial charge in [0, 0.05) is 36.4 Å². The monoisotopic (exact) mass is 638 g/mol. The van der Waals surface area contributed by atoms with Gasteiger partial charge < -0.3 is 39.8 Å². The molecule has 4 rings (SSSR count). The molecule has 13 heteroatoms. The number of urea groups is 1. The number of aliphatic carboxylic acids is 1. The molecule has 45 heavy (non-hydrogen) atoms. The molecule has 0 spiro atoms. The van der Waals surface area contributed by atoms with Gasteiger partial charge in [-0.2, -0.15) is 0 Å². The summed E-state index contributed by atoms with van der Waals surface area (Å²) in [5.74, 6) is -1.48. The zero-order valence-corrected chi connectivity index (χ0v) is 25.5. The van der Waals surface area contributed by atoms with E-state index in [1.165, 1.54) is 9.80 Å². The summed E-state index contributed by atoms with van der Waals surface area (Å²) in [4.78, 5) is 53.0. The van der Waals surface area contributed by atoms with Crippen molar-refractivity contribution in [2.75, 3.05) is 55.1 Å². The van der Waals surface area contributed by atoms with E-state index in [4.69, 9.17) is 30.9 Å². The van der Waals surface area contributed by atoms with Crippen LogP contribution in [0.25, 0.3) is 0 Å². The summed E-state index contributed by atoms with van der Waals surface area (Å²) in [7, 11) is 1.61. The van der Waals surface area contributed by atoms with E-state index in [0.29, 0.717) is 53.0 Å². The summed E-state index contributed by atoms with van der Waals surface area (Å²) in [6.45, 7) is 0.614. The topological polar surface area (TPSA) is 147 Å². The van der Waals surface area contributed by atoms with Crippen molar-refractivity contribution in [3.63, 3.8) is 0 Å². The van der Waals surface area contributed by atoms with Crippen LogP contribution in [0.5, 0.6) is 5.75 Å². The maximum absolute atomic E-state index is 13.6. The molecular weight excluding hydrogens is 604 g/mol. The third-order valence-corrected chi connectivity index (χ3v) is 7.04. The van der Waals surface area contributed by atoms with Crippen molar-refractivity contribution in [2.45, 2.75) is 25.6 Å². The van der Waals surface area contributed by atoms with Crippen LogP contribution in [0.1, 0.15) is 18.4 Å². The number of hydrogen-bond donors (Lipinski definition) is 3. The lowest BCUT2D eigenvalue weighted by Crippen LogP contribution is -2.43. The van der Waals surface area contributed by atoms with Gasteiger partial charge in [0.1, 0.15) is 5.75 Å². The Morgan fingerprint density at radius 3 is 2.49 bits per heavy atom. The van der Waals surface area contributed by atoms with Gasteiger partial charge in [0.2, 0.25) is 5.91 Å². The minimum Gasteiger partial charge on any atom is -0.482 e. The number of nitrogens with one attached hydrogen (secondary N) is 2. The molecular formula is C32H35ClN4O8. The summed E-state index contributed by atoms with van der Waals surface area (Å²) < 4.78 is 17.2. The van der Waals surface area contributed by atoms with Gasteiger partial charge in [-0.05, 0) is 54.4 Å². The first kappa shape index (κ1) is 33.2. The van der Waals surface area contributed by atoms with E-state index in [1.54, 1.807) is 79.8 Å². The predicted octanol–water partition coefficient (Wildman–Crippen LogP) is 4.32. The molecule has 238 valence electrons. The van der Waals surface area contributed by atoms with Gasteiger partial charge >= 0.3 is 12.0 Å². The largest absolute Gasteiger partial charge is 0.482 e. The van der Waals surface area contributed by atoms with Crippen LogP contribution in [0.4, 0.5) is 21.9 Å². The van der Waals surface area contributed by atoms with Crippen molar-refractivity contribution >= 4 is 52.5 Å². The Balaban J connectivity index is 1.44. The smallest absolute Gasteiger partial charge is 0.319 e. The number of carboxylic acid groups (broad SMARTS) is 1. The Morgan fingerprint density at radius 2 is 1.73 bits per heavy atom. The average Bonchev–Trinajstić information content (AvgIpc) is 3.03. The van der Waals surface area contributed by atoms with Crippen molar-refractivity contribution in [1.29, 1.82) is 0 Å². The van der Waals surface area contributed by atoms with Crippen molar-refractivity contribution in [2.24, 2.45) is 0 Å². The summed E-state index contributed by atoms with van der Waals surface area (Å²) >= 11 is 6.07. The normalized spacial score (nSPS) is 13.0. The molecule has 0 saturated carbocycles. The SMILES string of the molecule is CN(C(=O)COc1ccccc1N(CCC1OCCCO1)C(=O)CNC(=O)Nc1cccc(CC(=O)O)c1)c1cccc(Cl)c1. The number of carbonyl (C=O) groups is 4. The van der Waals surface area contributed by atoms with E-state index in [0.717, 1.165) is 6.42 Å². The van der Waals surface area contributed by atoms with Crippen LogP contribution in [0.2, 0.25) is 5.02 Å². The molecule has 1 aliphatic heterocycles. The van der Waals surface area contributed by atoms with Crippen molar-refractivity contribution in [3.8, 4) is 5.75 Å². The number of hydrogen-bond acceptors (Lipinski definition) is 7. The molecule has 0 unspecified atom stereocenters. The first-order chi connectivity index (χ1) is 21.7. The number of benzene rings is 3. The molecule has 0 aromatic heterocycles. The number of amides is 4. The standard InChI is InChI=1S/C32H35ClN4O8/c1-36(25-10-5-8-23(33)19-25)29(39)21-45-27-12-3-2-11-26(27)37(14-13-31-43-15-6-16-44-31)28(38)20-34-32(42)35-24-9-4-7-22(17-24)18-30(40)41/h2-5,7-12,17,19,31H,6,13-16,18,20-21H2,1H3,(H,40,41)(H2,34,35,42). The first-order valence-electron chi connectivity index (χ1n) is 14.3. The molecule has 0 radical (unpaired) electrons. The number of para-hydroxylation sites is 2. The van der Waals surface area contributed by atoms with Gasteiger partial charge in [-0.1, -0.05) is 41.9 Å². The van der Waals surface area contributed by atoms with E-state index in [9.17, 15) is 19.2 Å². The fraction of sp³-hybridized carbons (Fsp3) is 0.312. The highest BCUT2D eigenvalue weighted by molar-refractivity contribution is 6.30. The minimum absolute atomic E-state index is 0.181. The van der Waals surface area contributed by atoms with E-state index in [-0.39, 0.29) is 32.0 Å². The number of carboxylic acids is 1. The van der Waals surface area contributed by atoms with Crippen molar-refractivity contribution < 1.29 is 38.5 Å². The Labute approximate surface area is 265 Å². The molecule has 1 fully saturated rings. The number of ether oxygens (including phenoxy) is 3. The lowest BCUT2D eigenvalue weighted by atomic mass is 10.1. The molecule has 0 aliphatic carbocycles. The third-order valence-electron chi connectivity index (χ3n) is 6.80.